The topological polar surface area (TPSA) is 20.2 Å². The maximum Gasteiger partial charge on any atom is 0.0866 e. The molecule has 1 fully saturated rings. The first-order chi connectivity index (χ1) is 6.44. The van der Waals surface area contributed by atoms with Gasteiger partial charge in [0.05, 0.1) is 13.7 Å². The van der Waals surface area contributed by atoms with Gasteiger partial charge in [0.1, 0.15) is 0 Å². The van der Waals surface area contributed by atoms with Crippen molar-refractivity contribution in [2.75, 3.05) is 0 Å². The van der Waals surface area contributed by atoms with Crippen molar-refractivity contribution in [3.63, 3.8) is 0 Å². The van der Waals surface area contributed by atoms with Gasteiger partial charge in [0.2, 0.25) is 0 Å². The van der Waals surface area contributed by atoms with E-state index in [1.807, 2.05) is 6.92 Å². The summed E-state index contributed by atoms with van der Waals surface area (Å²) in [7, 11) is -1.43. The van der Waals surface area contributed by atoms with Crippen LogP contribution in [0.25, 0.3) is 0 Å². The van der Waals surface area contributed by atoms with Gasteiger partial charge in [-0.25, -0.2) is 0 Å². The predicted octanol–water partition coefficient (Wildman–Crippen LogP) is 2.13. The monoisotopic (exact) mass is 206 g/mol. The van der Waals surface area contributed by atoms with Crippen LogP contribution in [0, 0.1) is 0 Å². The van der Waals surface area contributed by atoms with Crippen molar-refractivity contribution < 1.29 is 5.11 Å². The van der Waals surface area contributed by atoms with Crippen LogP contribution in [0.5, 0.6) is 0 Å². The molecule has 0 radical (unpaired) electrons. The summed E-state index contributed by atoms with van der Waals surface area (Å²) in [5.74, 6) is 0. The maximum atomic E-state index is 9.92. The van der Waals surface area contributed by atoms with Crippen molar-refractivity contribution in [1.29, 1.82) is 0 Å². The zero-order chi connectivity index (χ0) is 10.4. The van der Waals surface area contributed by atoms with E-state index in [1.54, 1.807) is 0 Å². The second-order valence-electron chi connectivity index (χ2n) is 5.20. The van der Waals surface area contributed by atoms with Crippen molar-refractivity contribution >= 4 is 13.3 Å². The molecule has 1 saturated carbocycles. The van der Waals surface area contributed by atoms with Gasteiger partial charge >= 0.3 is 0 Å². The minimum atomic E-state index is -1.43. The lowest BCUT2D eigenvalue weighted by molar-refractivity contribution is 0.171. The largest absolute Gasteiger partial charge is 0.390 e. The van der Waals surface area contributed by atoms with Crippen LogP contribution < -0.4 is 5.19 Å². The van der Waals surface area contributed by atoms with E-state index in [0.29, 0.717) is 5.54 Å². The Hall–Kier alpha value is -0.603. The van der Waals surface area contributed by atoms with Crippen LogP contribution in [0.2, 0.25) is 18.6 Å². The van der Waals surface area contributed by atoms with Crippen LogP contribution in [0.4, 0.5) is 0 Å². The van der Waals surface area contributed by atoms with Gasteiger partial charge < -0.3 is 5.11 Å². The minimum Gasteiger partial charge on any atom is -0.390 e. The van der Waals surface area contributed by atoms with Crippen LogP contribution >= 0.6 is 0 Å². The molecule has 0 saturated heterocycles. The molecule has 14 heavy (non-hydrogen) atoms. The molecule has 1 aromatic carbocycles. The first-order valence-corrected chi connectivity index (χ1v) is 8.30. The Kier molecular flexibility index (Phi) is 2.09. The molecule has 0 bridgehead atoms. The molecule has 2 atom stereocenters. The van der Waals surface area contributed by atoms with Crippen LogP contribution in [0.15, 0.2) is 30.3 Å². The summed E-state index contributed by atoms with van der Waals surface area (Å²) in [5.41, 5.74) is 0.156. The average molecular weight is 206 g/mol. The van der Waals surface area contributed by atoms with Crippen molar-refractivity contribution in [3.8, 4) is 0 Å². The van der Waals surface area contributed by atoms with Crippen LogP contribution in [-0.4, -0.2) is 18.8 Å². The first kappa shape index (κ1) is 9.93. The Morgan fingerprint density at radius 1 is 1.29 bits per heavy atom. The molecule has 1 aromatic rings. The number of aliphatic hydroxyl groups is 1. The van der Waals surface area contributed by atoms with Crippen molar-refractivity contribution in [2.45, 2.75) is 37.6 Å². The molecule has 0 heterocycles. The molecule has 2 heteroatoms. The molecule has 76 valence electrons. The van der Waals surface area contributed by atoms with Gasteiger partial charge in [-0.15, -0.1) is 0 Å². The summed E-state index contributed by atoms with van der Waals surface area (Å²) >= 11 is 0. The summed E-state index contributed by atoms with van der Waals surface area (Å²) in [4.78, 5) is 0. The Bertz CT molecular complexity index is 329. The van der Waals surface area contributed by atoms with Crippen LogP contribution in [0.1, 0.15) is 13.3 Å². The van der Waals surface area contributed by atoms with E-state index < -0.39 is 8.07 Å². The first-order valence-electron chi connectivity index (χ1n) is 5.22. The number of hydrogen-bond acceptors (Lipinski definition) is 1. The van der Waals surface area contributed by atoms with Crippen molar-refractivity contribution in [2.24, 2.45) is 0 Å². The smallest absolute Gasteiger partial charge is 0.0866 e. The van der Waals surface area contributed by atoms with Gasteiger partial charge in [0.15, 0.2) is 0 Å². The molecule has 1 aliphatic rings. The third-order valence-corrected chi connectivity index (χ3v) is 7.99. The van der Waals surface area contributed by atoms with Crippen molar-refractivity contribution in [1.82, 2.24) is 0 Å². The highest BCUT2D eigenvalue weighted by Crippen LogP contribution is 2.54. The molecule has 0 amide bonds. The molecule has 2 rings (SSSR count). The highest BCUT2D eigenvalue weighted by molar-refractivity contribution is 6.91. The molecule has 1 nitrogen and oxygen atoms in total. The standard InChI is InChI=1S/C12H18OSi/c1-12(13)9-11(12)14(2,3)10-7-5-4-6-8-10/h4-8,11,13H,9H2,1-3H3. The molecule has 0 aliphatic heterocycles. The normalized spacial score (nSPS) is 31.6. The van der Waals surface area contributed by atoms with E-state index in [4.69, 9.17) is 0 Å². The Labute approximate surface area is 86.8 Å². The van der Waals surface area contributed by atoms with Crippen LogP contribution in [-0.2, 0) is 0 Å². The molecule has 1 aliphatic carbocycles. The summed E-state index contributed by atoms with van der Waals surface area (Å²) in [6.45, 7) is 6.68. The zero-order valence-corrected chi connectivity index (χ0v) is 10.1. The van der Waals surface area contributed by atoms with Gasteiger partial charge in [-0.3, -0.25) is 0 Å². The lowest BCUT2D eigenvalue weighted by Crippen LogP contribution is -2.43. The second kappa shape index (κ2) is 2.94. The number of rotatable bonds is 2. The summed E-state index contributed by atoms with van der Waals surface area (Å²) in [6, 6.07) is 10.7. The van der Waals surface area contributed by atoms with E-state index in [1.165, 1.54) is 5.19 Å². The maximum absolute atomic E-state index is 9.92. The molecule has 1 N–H and O–H groups in total. The number of benzene rings is 1. The molecular weight excluding hydrogens is 188 g/mol. The zero-order valence-electron chi connectivity index (χ0n) is 9.12. The van der Waals surface area contributed by atoms with E-state index in [-0.39, 0.29) is 5.60 Å². The minimum absolute atomic E-state index is 0.383. The van der Waals surface area contributed by atoms with Gasteiger partial charge in [0, 0.05) is 0 Å². The average Bonchev–Trinajstić information content (AvgIpc) is 2.78. The lowest BCUT2D eigenvalue weighted by atomic mass is 10.4. The lowest BCUT2D eigenvalue weighted by Gasteiger charge is -2.24. The van der Waals surface area contributed by atoms with E-state index in [0.717, 1.165) is 6.42 Å². The Morgan fingerprint density at radius 3 is 2.21 bits per heavy atom. The fraction of sp³-hybridized carbons (Fsp3) is 0.500. The number of hydrogen-bond donors (Lipinski definition) is 1. The third-order valence-electron chi connectivity index (χ3n) is 3.60. The van der Waals surface area contributed by atoms with Gasteiger partial charge in [-0.05, 0) is 18.9 Å². The SMILES string of the molecule is CC1(O)CC1[Si](C)(C)c1ccccc1. The Balaban J connectivity index is 2.26. The van der Waals surface area contributed by atoms with E-state index in [2.05, 4.69) is 43.4 Å². The molecular formula is C12H18OSi. The predicted molar refractivity (Wildman–Crippen MR) is 62.5 cm³/mol. The van der Waals surface area contributed by atoms with Gasteiger partial charge in [-0.2, -0.15) is 0 Å². The van der Waals surface area contributed by atoms with Crippen molar-refractivity contribution in [3.05, 3.63) is 30.3 Å². The molecule has 0 aromatic heterocycles. The second-order valence-corrected chi connectivity index (χ2v) is 9.92. The highest BCUT2D eigenvalue weighted by atomic mass is 28.3. The fourth-order valence-corrected chi connectivity index (χ4v) is 6.39. The quantitative estimate of drug-likeness (QED) is 0.735. The van der Waals surface area contributed by atoms with Gasteiger partial charge in [-0.1, -0.05) is 48.6 Å². The highest BCUT2D eigenvalue weighted by Gasteiger charge is 2.57. The molecule has 2 unspecified atom stereocenters. The van der Waals surface area contributed by atoms with Gasteiger partial charge in [0.25, 0.3) is 0 Å². The van der Waals surface area contributed by atoms with E-state index in [9.17, 15) is 5.11 Å². The van der Waals surface area contributed by atoms with E-state index >= 15 is 0 Å². The third kappa shape index (κ3) is 1.53. The van der Waals surface area contributed by atoms with Crippen LogP contribution in [0.3, 0.4) is 0 Å². The summed E-state index contributed by atoms with van der Waals surface area (Å²) in [6.07, 6.45) is 0.987. The molecule has 0 spiro atoms. The Morgan fingerprint density at radius 2 is 1.79 bits per heavy atom. The fourth-order valence-electron chi connectivity index (χ4n) is 2.46. The summed E-state index contributed by atoms with van der Waals surface area (Å²) < 4.78 is 0. The summed E-state index contributed by atoms with van der Waals surface area (Å²) in [5, 5.41) is 11.4.